The molecular weight excluding hydrogens is 434 g/mol. The van der Waals surface area contributed by atoms with Crippen LogP contribution in [0.15, 0.2) is 48.5 Å². The van der Waals surface area contributed by atoms with Crippen molar-refractivity contribution in [1.29, 1.82) is 0 Å². The summed E-state index contributed by atoms with van der Waals surface area (Å²) < 4.78 is 27.7. The first-order chi connectivity index (χ1) is 16.4. The summed E-state index contributed by atoms with van der Waals surface area (Å²) in [6.07, 6.45) is 1.33. The lowest BCUT2D eigenvalue weighted by Crippen LogP contribution is -2.49. The van der Waals surface area contributed by atoms with Gasteiger partial charge < -0.3 is 9.80 Å². The van der Waals surface area contributed by atoms with Gasteiger partial charge in [0.05, 0.1) is 0 Å². The Balaban J connectivity index is 1.59. The summed E-state index contributed by atoms with van der Waals surface area (Å²) in [6.45, 7) is 8.43. The lowest BCUT2D eigenvalue weighted by Gasteiger charge is -2.36. The topological polar surface area (TPSA) is 49.3 Å². The van der Waals surface area contributed by atoms with E-state index in [1.165, 1.54) is 30.3 Å². The number of halogens is 2. The molecule has 0 bridgehead atoms. The summed E-state index contributed by atoms with van der Waals surface area (Å²) in [5, 5.41) is 0. The van der Waals surface area contributed by atoms with Gasteiger partial charge in [-0.15, -0.1) is 0 Å². The number of hydrogen-bond acceptors (Lipinski definition) is 4. The Morgan fingerprint density at radius 3 is 2.32 bits per heavy atom. The van der Waals surface area contributed by atoms with Crippen molar-refractivity contribution in [3.8, 4) is 0 Å². The van der Waals surface area contributed by atoms with Gasteiger partial charge >= 0.3 is 0 Å². The monoisotopic (exact) mass is 464 g/mol. The fourth-order valence-corrected chi connectivity index (χ4v) is 4.20. The van der Waals surface area contributed by atoms with Crippen LogP contribution in [0.25, 0.3) is 0 Å². The fourth-order valence-electron chi connectivity index (χ4n) is 4.20. The van der Waals surface area contributed by atoms with Crippen LogP contribution in [0.2, 0.25) is 0 Å². The average Bonchev–Trinajstić information content (AvgIpc) is 2.86. The number of piperazine rings is 1. The van der Waals surface area contributed by atoms with Crippen molar-refractivity contribution >= 4 is 11.7 Å². The maximum Gasteiger partial charge on any atom is 0.253 e. The third-order valence-corrected chi connectivity index (χ3v) is 6.55. The first-order valence-corrected chi connectivity index (χ1v) is 11.8. The minimum Gasteiger partial charge on any atom is -0.353 e. The highest BCUT2D eigenvalue weighted by Crippen LogP contribution is 2.28. The second-order valence-corrected chi connectivity index (χ2v) is 8.83. The van der Waals surface area contributed by atoms with Crippen LogP contribution in [0.1, 0.15) is 59.2 Å². The zero-order valence-corrected chi connectivity index (χ0v) is 19.9. The third kappa shape index (κ3) is 5.08. The van der Waals surface area contributed by atoms with E-state index >= 15 is 0 Å². The van der Waals surface area contributed by atoms with Gasteiger partial charge in [0, 0.05) is 55.3 Å². The SMILES string of the molecule is CCC(C)c1nc(C)c(Cc2ccccc2F)c(N2CCN(C(=O)c3ccc(F)cc3)CC2)n1. The molecule has 1 aromatic heterocycles. The zero-order chi connectivity index (χ0) is 24.2. The molecule has 1 aliphatic rings. The van der Waals surface area contributed by atoms with E-state index in [9.17, 15) is 13.6 Å². The number of amides is 1. The van der Waals surface area contributed by atoms with E-state index in [1.807, 2.05) is 13.0 Å². The second kappa shape index (κ2) is 10.3. The molecule has 34 heavy (non-hydrogen) atoms. The first kappa shape index (κ1) is 23.8. The number of nitrogens with zero attached hydrogens (tertiary/aromatic N) is 4. The van der Waals surface area contributed by atoms with Crippen molar-refractivity contribution in [2.45, 2.75) is 39.5 Å². The quantitative estimate of drug-likeness (QED) is 0.508. The molecule has 1 unspecified atom stereocenters. The highest BCUT2D eigenvalue weighted by Gasteiger charge is 2.26. The van der Waals surface area contributed by atoms with Crippen LogP contribution >= 0.6 is 0 Å². The summed E-state index contributed by atoms with van der Waals surface area (Å²) >= 11 is 0. The van der Waals surface area contributed by atoms with Crippen LogP contribution in [-0.2, 0) is 6.42 Å². The van der Waals surface area contributed by atoms with Crippen LogP contribution in [0.4, 0.5) is 14.6 Å². The van der Waals surface area contributed by atoms with Gasteiger partial charge in [0.2, 0.25) is 0 Å². The average molecular weight is 465 g/mol. The van der Waals surface area contributed by atoms with Crippen molar-refractivity contribution in [1.82, 2.24) is 14.9 Å². The Labute approximate surface area is 199 Å². The molecule has 2 aromatic carbocycles. The lowest BCUT2D eigenvalue weighted by atomic mass is 10.0. The molecule has 3 aromatic rings. The van der Waals surface area contributed by atoms with Crippen molar-refractivity contribution in [2.75, 3.05) is 31.1 Å². The van der Waals surface area contributed by atoms with E-state index in [0.717, 1.165) is 29.3 Å². The van der Waals surface area contributed by atoms with Crippen LogP contribution in [-0.4, -0.2) is 47.0 Å². The van der Waals surface area contributed by atoms with E-state index in [1.54, 1.807) is 17.0 Å². The third-order valence-electron chi connectivity index (χ3n) is 6.55. The molecule has 1 aliphatic heterocycles. The maximum atomic E-state index is 14.4. The number of aromatic nitrogens is 2. The highest BCUT2D eigenvalue weighted by atomic mass is 19.1. The van der Waals surface area contributed by atoms with Crippen molar-refractivity contribution in [3.63, 3.8) is 0 Å². The molecule has 1 saturated heterocycles. The lowest BCUT2D eigenvalue weighted by molar-refractivity contribution is 0.0746. The predicted molar refractivity (Wildman–Crippen MR) is 129 cm³/mol. The van der Waals surface area contributed by atoms with Crippen molar-refractivity contribution < 1.29 is 13.6 Å². The van der Waals surface area contributed by atoms with Crippen LogP contribution in [0.5, 0.6) is 0 Å². The Morgan fingerprint density at radius 2 is 1.68 bits per heavy atom. The van der Waals surface area contributed by atoms with E-state index in [0.29, 0.717) is 43.7 Å². The molecule has 0 radical (unpaired) electrons. The van der Waals surface area contributed by atoms with Gasteiger partial charge in [0.15, 0.2) is 0 Å². The molecule has 2 heterocycles. The Morgan fingerprint density at radius 1 is 1.00 bits per heavy atom. The Kier molecular flexibility index (Phi) is 7.20. The second-order valence-electron chi connectivity index (χ2n) is 8.83. The Bertz CT molecular complexity index is 1160. The zero-order valence-electron chi connectivity index (χ0n) is 19.9. The van der Waals surface area contributed by atoms with E-state index in [4.69, 9.17) is 9.97 Å². The minimum absolute atomic E-state index is 0.106. The van der Waals surface area contributed by atoms with Gasteiger partial charge in [-0.05, 0) is 49.2 Å². The molecule has 1 fully saturated rings. The summed E-state index contributed by atoms with van der Waals surface area (Å²) in [7, 11) is 0. The first-order valence-electron chi connectivity index (χ1n) is 11.8. The highest BCUT2D eigenvalue weighted by molar-refractivity contribution is 5.94. The summed E-state index contributed by atoms with van der Waals surface area (Å²) in [4.78, 5) is 26.5. The van der Waals surface area contributed by atoms with E-state index in [-0.39, 0.29) is 23.5 Å². The number of benzene rings is 2. The largest absolute Gasteiger partial charge is 0.353 e. The van der Waals surface area contributed by atoms with Gasteiger partial charge in [0.25, 0.3) is 5.91 Å². The van der Waals surface area contributed by atoms with E-state index in [2.05, 4.69) is 18.7 Å². The molecule has 1 atom stereocenters. The van der Waals surface area contributed by atoms with Gasteiger partial charge in [-0.3, -0.25) is 4.79 Å². The number of hydrogen-bond donors (Lipinski definition) is 0. The molecular formula is C27H30F2N4O. The summed E-state index contributed by atoms with van der Waals surface area (Å²) in [5.41, 5.74) is 2.85. The molecule has 0 aliphatic carbocycles. The fraction of sp³-hybridized carbons (Fsp3) is 0.370. The normalized spacial score (nSPS) is 14.9. The molecule has 0 saturated carbocycles. The summed E-state index contributed by atoms with van der Waals surface area (Å²) in [6, 6.07) is 12.4. The Hall–Kier alpha value is -3.35. The molecule has 1 amide bonds. The van der Waals surface area contributed by atoms with Gasteiger partial charge in [0.1, 0.15) is 23.3 Å². The van der Waals surface area contributed by atoms with Crippen molar-refractivity contribution in [2.24, 2.45) is 0 Å². The predicted octanol–water partition coefficient (Wildman–Crippen LogP) is 5.13. The molecule has 7 heteroatoms. The standard InChI is InChI=1S/C27H30F2N4O/c1-4-18(2)25-30-19(3)23(17-21-7-5-6-8-24(21)29)26(31-25)32-13-15-33(16-14-32)27(34)20-9-11-22(28)12-10-20/h5-12,18H,4,13-17H2,1-3H3. The van der Waals surface area contributed by atoms with Gasteiger partial charge in [-0.25, -0.2) is 18.7 Å². The van der Waals surface area contributed by atoms with Crippen LogP contribution in [0.3, 0.4) is 0 Å². The smallest absolute Gasteiger partial charge is 0.253 e. The molecule has 0 N–H and O–H groups in total. The van der Waals surface area contributed by atoms with Crippen LogP contribution in [0, 0.1) is 18.6 Å². The number of carbonyl (C=O) groups excluding carboxylic acids is 1. The number of anilines is 1. The number of carbonyl (C=O) groups is 1. The van der Waals surface area contributed by atoms with Gasteiger partial charge in [-0.1, -0.05) is 32.0 Å². The minimum atomic E-state index is -0.361. The molecule has 0 spiro atoms. The van der Waals surface area contributed by atoms with Crippen LogP contribution < -0.4 is 4.90 Å². The summed E-state index contributed by atoms with van der Waals surface area (Å²) in [5.74, 6) is 1.11. The molecule has 4 rings (SSSR count). The van der Waals surface area contributed by atoms with E-state index < -0.39 is 0 Å². The van der Waals surface area contributed by atoms with Gasteiger partial charge in [-0.2, -0.15) is 0 Å². The maximum absolute atomic E-state index is 14.4. The molecule has 5 nitrogen and oxygen atoms in total. The number of aryl methyl sites for hydroxylation is 1. The number of rotatable bonds is 6. The van der Waals surface area contributed by atoms with Crippen molar-refractivity contribution in [3.05, 3.63) is 88.4 Å². The molecule has 178 valence electrons.